The average molecular weight is 286 g/mol. The van der Waals surface area contributed by atoms with E-state index in [-0.39, 0.29) is 0 Å². The number of rotatable bonds is 5. The number of benzene rings is 2. The predicted molar refractivity (Wildman–Crippen MR) is 91.9 cm³/mol. The van der Waals surface area contributed by atoms with Crippen molar-refractivity contribution < 1.29 is 0 Å². The van der Waals surface area contributed by atoms with E-state index in [4.69, 9.17) is 0 Å². The van der Waals surface area contributed by atoms with E-state index in [0.717, 1.165) is 0 Å². The van der Waals surface area contributed by atoms with Gasteiger partial charge in [-0.25, -0.2) is 0 Å². The molecule has 0 aromatic heterocycles. The van der Waals surface area contributed by atoms with E-state index < -0.39 is 10.0 Å². The molecule has 0 aliphatic heterocycles. The van der Waals surface area contributed by atoms with Crippen LogP contribution in [-0.4, -0.2) is 11.0 Å². The van der Waals surface area contributed by atoms with Crippen LogP contribution in [0.15, 0.2) is 70.5 Å². The van der Waals surface area contributed by atoms with Crippen molar-refractivity contribution >= 4 is 10.0 Å². The molecule has 0 bridgehead atoms. The smallest absolute Gasteiger partial charge is 0.00434 e. The van der Waals surface area contributed by atoms with Crippen molar-refractivity contribution in [2.45, 2.75) is 48.2 Å². The van der Waals surface area contributed by atoms with Crippen molar-refractivity contribution in [2.24, 2.45) is 0 Å². The van der Waals surface area contributed by atoms with E-state index in [1.807, 2.05) is 0 Å². The highest BCUT2D eigenvalue weighted by Crippen LogP contribution is 2.70. The molecular weight excluding hydrogens is 260 g/mol. The topological polar surface area (TPSA) is 0 Å². The monoisotopic (exact) mass is 286 g/mol. The van der Waals surface area contributed by atoms with Crippen LogP contribution in [0.3, 0.4) is 0 Å². The van der Waals surface area contributed by atoms with Crippen molar-refractivity contribution in [1.82, 2.24) is 0 Å². The fraction of sp³-hybridized carbons (Fsp3) is 0.368. The van der Waals surface area contributed by atoms with Crippen LogP contribution in [0.2, 0.25) is 0 Å². The molecule has 0 amide bonds. The Morgan fingerprint density at radius 1 is 0.750 bits per heavy atom. The first-order chi connectivity index (χ1) is 9.58. The van der Waals surface area contributed by atoms with Crippen LogP contribution in [0.4, 0.5) is 0 Å². The summed E-state index contributed by atoms with van der Waals surface area (Å²) in [6, 6.07) is 22.2. The Morgan fingerprint density at radius 2 is 1.10 bits per heavy atom. The summed E-state index contributed by atoms with van der Waals surface area (Å²) in [5.41, 5.74) is 0. The van der Waals surface area contributed by atoms with Gasteiger partial charge in [0.15, 0.2) is 0 Å². The minimum absolute atomic E-state index is 0.329. The molecule has 0 N–H and O–H groups in total. The molecule has 0 aliphatic carbocycles. The molecule has 108 valence electrons. The van der Waals surface area contributed by atoms with Crippen LogP contribution >= 0.6 is 10.0 Å². The van der Waals surface area contributed by atoms with Gasteiger partial charge in [-0.05, 0) is 53.2 Å². The van der Waals surface area contributed by atoms with Crippen LogP contribution in [0.1, 0.15) is 33.6 Å². The average Bonchev–Trinajstić information content (AvgIpc) is 2.54. The van der Waals surface area contributed by atoms with Crippen molar-refractivity contribution in [3.8, 4) is 0 Å². The molecule has 0 fully saturated rings. The van der Waals surface area contributed by atoms with Crippen molar-refractivity contribution in [3.63, 3.8) is 0 Å². The largest absolute Gasteiger partial charge is 0.185 e. The predicted octanol–water partition coefficient (Wildman–Crippen LogP) is 6.12. The summed E-state index contributed by atoms with van der Waals surface area (Å²) in [6.07, 6.45) is 4.91. The third-order valence-electron chi connectivity index (χ3n) is 4.91. The Labute approximate surface area is 125 Å². The first-order valence-electron chi connectivity index (χ1n) is 7.46. The SMILES string of the molecule is CCC(C)(CC)S(C)(c1ccccc1)c1ccccc1. The zero-order chi connectivity index (χ0) is 14.6. The molecule has 0 nitrogen and oxygen atoms in total. The molecule has 0 spiro atoms. The lowest BCUT2D eigenvalue weighted by Gasteiger charge is -2.52. The Kier molecular flexibility index (Phi) is 4.59. The lowest BCUT2D eigenvalue weighted by atomic mass is 10.1. The van der Waals surface area contributed by atoms with Crippen LogP contribution in [0.25, 0.3) is 0 Å². The molecule has 0 radical (unpaired) electrons. The van der Waals surface area contributed by atoms with Gasteiger partial charge >= 0.3 is 0 Å². The van der Waals surface area contributed by atoms with E-state index in [1.165, 1.54) is 22.6 Å². The van der Waals surface area contributed by atoms with Gasteiger partial charge in [0.2, 0.25) is 0 Å². The van der Waals surface area contributed by atoms with Crippen molar-refractivity contribution in [2.75, 3.05) is 6.26 Å². The Balaban J connectivity index is 2.67. The van der Waals surface area contributed by atoms with E-state index in [2.05, 4.69) is 87.7 Å². The summed E-state index contributed by atoms with van der Waals surface area (Å²) < 4.78 is 0.329. The molecule has 0 aliphatic rings. The van der Waals surface area contributed by atoms with Gasteiger partial charge in [0, 0.05) is 4.75 Å². The summed E-state index contributed by atoms with van der Waals surface area (Å²) in [5.74, 6) is 0. The molecule has 0 heterocycles. The number of hydrogen-bond acceptors (Lipinski definition) is 0. The van der Waals surface area contributed by atoms with Crippen LogP contribution in [0.5, 0.6) is 0 Å². The molecule has 0 saturated heterocycles. The van der Waals surface area contributed by atoms with Gasteiger partial charge < -0.3 is 0 Å². The van der Waals surface area contributed by atoms with Crippen LogP contribution in [0, 0.1) is 0 Å². The molecular formula is C19H26S. The highest BCUT2D eigenvalue weighted by molar-refractivity contribution is 8.34. The Bertz CT molecular complexity index is 487. The van der Waals surface area contributed by atoms with Crippen molar-refractivity contribution in [3.05, 3.63) is 60.7 Å². The second kappa shape index (κ2) is 6.05. The van der Waals surface area contributed by atoms with Gasteiger partial charge in [-0.2, -0.15) is 10.0 Å². The first kappa shape index (κ1) is 15.2. The summed E-state index contributed by atoms with van der Waals surface area (Å²) >= 11 is 0. The van der Waals surface area contributed by atoms with Gasteiger partial charge in [-0.3, -0.25) is 0 Å². The highest BCUT2D eigenvalue weighted by Gasteiger charge is 2.40. The van der Waals surface area contributed by atoms with E-state index in [9.17, 15) is 0 Å². The van der Waals surface area contributed by atoms with Gasteiger partial charge in [0.1, 0.15) is 0 Å². The zero-order valence-corrected chi connectivity index (χ0v) is 13.9. The molecule has 0 saturated carbocycles. The maximum absolute atomic E-state index is 2.49. The fourth-order valence-electron chi connectivity index (χ4n) is 2.92. The van der Waals surface area contributed by atoms with Gasteiger partial charge in [0.25, 0.3) is 0 Å². The summed E-state index contributed by atoms with van der Waals surface area (Å²) in [6.45, 7) is 7.13. The molecule has 0 unspecified atom stereocenters. The molecule has 2 aromatic carbocycles. The molecule has 0 atom stereocenters. The van der Waals surface area contributed by atoms with Crippen molar-refractivity contribution in [1.29, 1.82) is 0 Å². The highest BCUT2D eigenvalue weighted by atomic mass is 32.3. The van der Waals surface area contributed by atoms with E-state index in [1.54, 1.807) is 0 Å². The molecule has 20 heavy (non-hydrogen) atoms. The normalized spacial score (nSPS) is 13.2. The quantitative estimate of drug-likeness (QED) is 0.621. The van der Waals surface area contributed by atoms with Crippen LogP contribution in [-0.2, 0) is 0 Å². The maximum atomic E-state index is 2.49. The minimum Gasteiger partial charge on any atom is -0.185 e. The Hall–Kier alpha value is -1.21. The van der Waals surface area contributed by atoms with E-state index >= 15 is 0 Å². The van der Waals surface area contributed by atoms with Gasteiger partial charge in [-0.1, -0.05) is 57.2 Å². The lowest BCUT2D eigenvalue weighted by Crippen LogP contribution is -2.30. The standard InChI is InChI=1S/C19H26S/c1-5-19(3,6-2)20(4,17-13-9-7-10-14-17)18-15-11-8-12-16-18/h7-16H,5-6H2,1-4H3. The zero-order valence-electron chi connectivity index (χ0n) is 13.1. The fourth-order valence-corrected chi connectivity index (χ4v) is 6.89. The Morgan fingerprint density at radius 3 is 1.40 bits per heavy atom. The lowest BCUT2D eigenvalue weighted by molar-refractivity contribution is 0.587. The summed E-state index contributed by atoms with van der Waals surface area (Å²) in [5, 5.41) is 0. The number of hydrogen-bond donors (Lipinski definition) is 0. The molecule has 2 aromatic rings. The maximum Gasteiger partial charge on any atom is 0.00434 e. The minimum atomic E-state index is -1.04. The van der Waals surface area contributed by atoms with Crippen LogP contribution < -0.4 is 0 Å². The third kappa shape index (κ3) is 2.40. The van der Waals surface area contributed by atoms with Gasteiger partial charge in [0.05, 0.1) is 0 Å². The summed E-state index contributed by atoms with van der Waals surface area (Å²) in [7, 11) is -1.04. The van der Waals surface area contributed by atoms with E-state index in [0.29, 0.717) is 4.75 Å². The second-order valence-electron chi connectivity index (χ2n) is 5.70. The first-order valence-corrected chi connectivity index (χ1v) is 9.50. The second-order valence-corrected chi connectivity index (χ2v) is 9.47. The van der Waals surface area contributed by atoms with Gasteiger partial charge in [-0.15, -0.1) is 0 Å². The molecule has 2 rings (SSSR count). The molecule has 1 heteroatoms. The third-order valence-corrected chi connectivity index (χ3v) is 9.89. The summed E-state index contributed by atoms with van der Waals surface area (Å²) in [4.78, 5) is 3.00.